The number of H-pyrrole nitrogens is 1. The number of aryl methyl sites for hydroxylation is 1. The fourth-order valence-corrected chi connectivity index (χ4v) is 6.68. The van der Waals surface area contributed by atoms with E-state index in [1.807, 2.05) is 16.8 Å². The fourth-order valence-electron chi connectivity index (χ4n) is 6.41. The van der Waals surface area contributed by atoms with E-state index in [1.165, 1.54) is 12.4 Å². The molecule has 8 nitrogen and oxygen atoms in total. The predicted octanol–water partition coefficient (Wildman–Crippen LogP) is 5.22. The summed E-state index contributed by atoms with van der Waals surface area (Å²) in [4.78, 5) is 18.3. The molecule has 0 amide bonds. The van der Waals surface area contributed by atoms with Crippen molar-refractivity contribution in [1.29, 1.82) is 0 Å². The van der Waals surface area contributed by atoms with Gasteiger partial charge in [0.25, 0.3) is 0 Å². The van der Waals surface area contributed by atoms with E-state index in [9.17, 15) is 18.3 Å². The lowest BCUT2D eigenvalue weighted by Gasteiger charge is -2.42. The fraction of sp³-hybridized carbons (Fsp3) is 0.519. The number of aliphatic hydroxyl groups is 1. The van der Waals surface area contributed by atoms with Crippen LogP contribution in [0.15, 0.2) is 30.7 Å². The molecule has 0 saturated heterocycles. The van der Waals surface area contributed by atoms with E-state index in [2.05, 4.69) is 31.9 Å². The highest BCUT2D eigenvalue weighted by atomic mass is 35.5. The molecule has 208 valence electrons. The average Bonchev–Trinajstić information content (AvgIpc) is 3.53. The van der Waals surface area contributed by atoms with Gasteiger partial charge in [-0.05, 0) is 69.2 Å². The summed E-state index contributed by atoms with van der Waals surface area (Å²) in [5.74, 6) is 2.07. The predicted molar refractivity (Wildman–Crippen MR) is 143 cm³/mol. The summed E-state index contributed by atoms with van der Waals surface area (Å²) in [5, 5.41) is 11.3. The average molecular weight is 562 g/mol. The molecule has 3 heterocycles. The Kier molecular flexibility index (Phi) is 6.71. The maximum Gasteiger partial charge on any atom is 0.417 e. The number of nitrogens with zero attached hydrogens (tertiary/aromatic N) is 5. The Morgan fingerprint density at radius 2 is 1.97 bits per heavy atom. The maximum absolute atomic E-state index is 13.1. The Labute approximate surface area is 228 Å². The number of alkyl halides is 3. The van der Waals surface area contributed by atoms with Gasteiger partial charge >= 0.3 is 6.18 Å². The summed E-state index contributed by atoms with van der Waals surface area (Å²) < 4.78 is 41.5. The second kappa shape index (κ2) is 9.94. The van der Waals surface area contributed by atoms with Crippen LogP contribution < -0.4 is 5.73 Å². The standard InChI is InChI=1S/C27H31ClF3N7O/c1-37(12-15-8-22(23(39)9-15)38-5-4-17-25(32)33-13-34-26(17)38)16-6-14(7-16)2-3-24-35-20-10-18(27(29,30)31)19(28)11-21(20)36-24/h4-5,10-11,13-16,22-23,39H,2-3,6-9,12H2,1H3,(H,35,36)(H2,32,33,34)/t14-,15-,16-,22+,23+/m0/s1. The van der Waals surface area contributed by atoms with Crippen LogP contribution in [0.5, 0.6) is 0 Å². The molecule has 0 spiro atoms. The summed E-state index contributed by atoms with van der Waals surface area (Å²) in [6, 6.07) is 4.69. The molecule has 39 heavy (non-hydrogen) atoms. The third kappa shape index (κ3) is 5.07. The Morgan fingerprint density at radius 3 is 2.74 bits per heavy atom. The number of nitrogens with one attached hydrogen (secondary N) is 1. The Bertz CT molecular complexity index is 1500. The molecule has 6 rings (SSSR count). The molecule has 3 atom stereocenters. The minimum atomic E-state index is -4.50. The van der Waals surface area contributed by atoms with Crippen molar-refractivity contribution in [3.63, 3.8) is 0 Å². The van der Waals surface area contributed by atoms with E-state index >= 15 is 0 Å². The molecule has 2 aliphatic rings. The molecule has 0 unspecified atom stereocenters. The van der Waals surface area contributed by atoms with E-state index < -0.39 is 17.8 Å². The highest BCUT2D eigenvalue weighted by molar-refractivity contribution is 6.32. The lowest BCUT2D eigenvalue weighted by Crippen LogP contribution is -2.44. The second-order valence-electron chi connectivity index (χ2n) is 11.2. The highest BCUT2D eigenvalue weighted by Gasteiger charge is 2.38. The van der Waals surface area contributed by atoms with Gasteiger partial charge in [0.15, 0.2) is 0 Å². The molecule has 1 aromatic carbocycles. The van der Waals surface area contributed by atoms with Gasteiger partial charge in [-0.3, -0.25) is 0 Å². The Hall–Kier alpha value is -2.89. The summed E-state index contributed by atoms with van der Waals surface area (Å²) in [5.41, 5.74) is 6.70. The summed E-state index contributed by atoms with van der Waals surface area (Å²) >= 11 is 5.83. The first-order valence-corrected chi connectivity index (χ1v) is 13.6. The summed E-state index contributed by atoms with van der Waals surface area (Å²) in [6.07, 6.45) is 3.87. The van der Waals surface area contributed by atoms with Gasteiger partial charge < -0.3 is 25.3 Å². The van der Waals surface area contributed by atoms with Gasteiger partial charge in [0.2, 0.25) is 0 Å². The van der Waals surface area contributed by atoms with Crippen LogP contribution >= 0.6 is 11.6 Å². The van der Waals surface area contributed by atoms with Crippen LogP contribution in [0.2, 0.25) is 5.02 Å². The number of nitrogens with two attached hydrogens (primary N) is 1. The van der Waals surface area contributed by atoms with Gasteiger partial charge in [-0.25, -0.2) is 15.0 Å². The van der Waals surface area contributed by atoms with E-state index in [0.717, 1.165) is 55.7 Å². The SMILES string of the molecule is CN(C[C@@H]1C[C@@H](O)[C@H](n2ccc3c(N)ncnc32)C1)[C@H]1C[C@H](CCc2nc3cc(Cl)c(C(F)(F)F)cc3[nH]2)C1. The lowest BCUT2D eigenvalue weighted by atomic mass is 9.76. The first-order chi connectivity index (χ1) is 18.6. The van der Waals surface area contributed by atoms with Crippen LogP contribution in [0.1, 0.15) is 49.5 Å². The third-order valence-electron chi connectivity index (χ3n) is 8.59. The molecular formula is C27H31ClF3N7O. The van der Waals surface area contributed by atoms with Crippen molar-refractivity contribution in [3.8, 4) is 0 Å². The maximum atomic E-state index is 13.1. The van der Waals surface area contributed by atoms with Gasteiger partial charge in [-0.2, -0.15) is 13.2 Å². The quantitative estimate of drug-likeness (QED) is 0.285. The lowest BCUT2D eigenvalue weighted by molar-refractivity contribution is -0.137. The van der Waals surface area contributed by atoms with Crippen molar-refractivity contribution in [2.45, 2.75) is 62.9 Å². The number of benzene rings is 1. The number of anilines is 1. The van der Waals surface area contributed by atoms with E-state index in [0.29, 0.717) is 47.0 Å². The number of aliphatic hydroxyl groups excluding tert-OH is 1. The first kappa shape index (κ1) is 26.3. The van der Waals surface area contributed by atoms with Gasteiger partial charge in [0.05, 0.1) is 39.2 Å². The van der Waals surface area contributed by atoms with Crippen molar-refractivity contribution >= 4 is 39.5 Å². The number of aromatic nitrogens is 5. The van der Waals surface area contributed by atoms with E-state index in [-0.39, 0.29) is 11.1 Å². The number of halogens is 4. The molecule has 12 heteroatoms. The van der Waals surface area contributed by atoms with Crippen molar-refractivity contribution < 1.29 is 18.3 Å². The third-order valence-corrected chi connectivity index (χ3v) is 8.90. The number of imidazole rings is 1. The molecular weight excluding hydrogens is 531 g/mol. The number of nitrogen functional groups attached to an aromatic ring is 1. The molecule has 2 saturated carbocycles. The summed E-state index contributed by atoms with van der Waals surface area (Å²) in [7, 11) is 2.15. The van der Waals surface area contributed by atoms with Gasteiger partial charge in [0, 0.05) is 25.2 Å². The van der Waals surface area contributed by atoms with Crippen molar-refractivity contribution in [3.05, 3.63) is 47.1 Å². The molecule has 0 bridgehead atoms. The zero-order valence-corrected chi connectivity index (χ0v) is 22.3. The monoisotopic (exact) mass is 561 g/mol. The number of hydrogen-bond donors (Lipinski definition) is 3. The van der Waals surface area contributed by atoms with Gasteiger partial charge in [-0.1, -0.05) is 11.6 Å². The largest absolute Gasteiger partial charge is 0.417 e. The molecule has 3 aromatic heterocycles. The van der Waals surface area contributed by atoms with Crippen LogP contribution in [-0.4, -0.2) is 60.2 Å². The molecule has 2 aliphatic carbocycles. The number of rotatable bonds is 7. The van der Waals surface area contributed by atoms with Gasteiger partial charge in [0.1, 0.15) is 23.6 Å². The normalized spacial score (nSPS) is 25.7. The first-order valence-electron chi connectivity index (χ1n) is 13.3. The Morgan fingerprint density at radius 1 is 1.18 bits per heavy atom. The van der Waals surface area contributed by atoms with Crippen molar-refractivity contribution in [2.75, 3.05) is 19.3 Å². The second-order valence-corrected chi connectivity index (χ2v) is 11.6. The van der Waals surface area contributed by atoms with Crippen LogP contribution in [0, 0.1) is 11.8 Å². The van der Waals surface area contributed by atoms with Crippen molar-refractivity contribution in [1.82, 2.24) is 29.4 Å². The minimum Gasteiger partial charge on any atom is -0.391 e. The summed E-state index contributed by atoms with van der Waals surface area (Å²) in [6.45, 7) is 0.924. The van der Waals surface area contributed by atoms with Crippen molar-refractivity contribution in [2.24, 2.45) is 11.8 Å². The molecule has 2 fully saturated rings. The smallest absolute Gasteiger partial charge is 0.391 e. The molecule has 4 N–H and O–H groups in total. The highest BCUT2D eigenvalue weighted by Crippen LogP contribution is 2.40. The van der Waals surface area contributed by atoms with Gasteiger partial charge in [-0.15, -0.1) is 0 Å². The van der Waals surface area contributed by atoms with Crippen LogP contribution in [0.3, 0.4) is 0 Å². The number of aromatic amines is 1. The van der Waals surface area contributed by atoms with Crippen LogP contribution in [0.25, 0.3) is 22.1 Å². The Balaban J connectivity index is 0.998. The minimum absolute atomic E-state index is 0.0322. The number of hydrogen-bond acceptors (Lipinski definition) is 6. The topological polar surface area (TPSA) is 109 Å². The van der Waals surface area contributed by atoms with E-state index in [1.54, 1.807) is 0 Å². The number of fused-ring (bicyclic) bond motifs is 2. The molecule has 0 radical (unpaired) electrons. The zero-order valence-electron chi connectivity index (χ0n) is 21.5. The molecule has 0 aliphatic heterocycles. The molecule has 4 aromatic rings. The van der Waals surface area contributed by atoms with E-state index in [4.69, 9.17) is 17.3 Å². The van der Waals surface area contributed by atoms with Crippen LogP contribution in [0.4, 0.5) is 19.0 Å². The van der Waals surface area contributed by atoms with Crippen LogP contribution in [-0.2, 0) is 12.6 Å². The zero-order chi connectivity index (χ0) is 27.5.